The minimum absolute atomic E-state index is 0.255. The van der Waals surface area contributed by atoms with Gasteiger partial charge in [-0.25, -0.2) is 13.8 Å². The highest BCUT2D eigenvalue weighted by Gasteiger charge is 2.21. The minimum atomic E-state index is -0.513. The highest BCUT2D eigenvalue weighted by Crippen LogP contribution is 2.21. The standard InChI is InChI=1S/C20H18ClFN4O2/c21-14-5-7-15(8-6-14)26-19(27)13-18(23-20(26)28)25-11-9-24(10-12-25)17-4-2-1-3-16(17)22/h1-8,13H,9-12H2,(H,23,28). The Morgan fingerprint density at radius 1 is 0.893 bits per heavy atom. The predicted molar refractivity (Wildman–Crippen MR) is 108 cm³/mol. The van der Waals surface area contributed by atoms with Gasteiger partial charge in [-0.2, -0.15) is 0 Å². The van der Waals surface area contributed by atoms with Gasteiger partial charge < -0.3 is 9.80 Å². The second-order valence-electron chi connectivity index (χ2n) is 6.54. The number of H-pyrrole nitrogens is 1. The van der Waals surface area contributed by atoms with Crippen LogP contribution in [0.1, 0.15) is 0 Å². The van der Waals surface area contributed by atoms with Gasteiger partial charge in [0.2, 0.25) is 0 Å². The van der Waals surface area contributed by atoms with Crippen LogP contribution in [0.15, 0.2) is 64.2 Å². The van der Waals surface area contributed by atoms with E-state index in [1.54, 1.807) is 42.5 Å². The molecular weight excluding hydrogens is 383 g/mol. The molecule has 0 amide bonds. The van der Waals surface area contributed by atoms with E-state index in [0.717, 1.165) is 4.57 Å². The maximum Gasteiger partial charge on any atom is 0.334 e. The fourth-order valence-corrected chi connectivity index (χ4v) is 3.51. The lowest BCUT2D eigenvalue weighted by Gasteiger charge is -2.37. The van der Waals surface area contributed by atoms with Gasteiger partial charge in [-0.3, -0.25) is 9.78 Å². The molecule has 0 spiro atoms. The molecule has 4 rings (SSSR count). The summed E-state index contributed by atoms with van der Waals surface area (Å²) in [6, 6.07) is 14.5. The lowest BCUT2D eigenvalue weighted by atomic mass is 10.2. The molecule has 144 valence electrons. The molecule has 2 heterocycles. The maximum absolute atomic E-state index is 14.0. The van der Waals surface area contributed by atoms with E-state index in [1.165, 1.54) is 12.1 Å². The van der Waals surface area contributed by atoms with Crippen molar-refractivity contribution in [1.82, 2.24) is 9.55 Å². The molecule has 1 aliphatic rings. The summed E-state index contributed by atoms with van der Waals surface area (Å²) in [5, 5.41) is 0.526. The molecule has 0 aliphatic carbocycles. The van der Waals surface area contributed by atoms with Crippen LogP contribution in [0.5, 0.6) is 0 Å². The van der Waals surface area contributed by atoms with E-state index >= 15 is 0 Å². The molecule has 0 saturated carbocycles. The fraction of sp³-hybridized carbons (Fsp3) is 0.200. The van der Waals surface area contributed by atoms with E-state index in [-0.39, 0.29) is 5.82 Å². The van der Waals surface area contributed by atoms with Gasteiger partial charge in [-0.1, -0.05) is 23.7 Å². The zero-order valence-electron chi connectivity index (χ0n) is 14.9. The van der Waals surface area contributed by atoms with Gasteiger partial charge in [0.25, 0.3) is 5.56 Å². The van der Waals surface area contributed by atoms with Crippen LogP contribution in [0.25, 0.3) is 5.69 Å². The van der Waals surface area contributed by atoms with Gasteiger partial charge in [0.15, 0.2) is 0 Å². The molecule has 1 saturated heterocycles. The molecule has 3 aromatic rings. The van der Waals surface area contributed by atoms with Crippen LogP contribution in [-0.2, 0) is 0 Å². The number of nitrogens with one attached hydrogen (secondary N) is 1. The number of halogens is 2. The van der Waals surface area contributed by atoms with Crippen molar-refractivity contribution < 1.29 is 4.39 Å². The number of hydrogen-bond acceptors (Lipinski definition) is 4. The fourth-order valence-electron chi connectivity index (χ4n) is 3.38. The summed E-state index contributed by atoms with van der Waals surface area (Å²) in [5.74, 6) is 0.211. The lowest BCUT2D eigenvalue weighted by Crippen LogP contribution is -2.48. The van der Waals surface area contributed by atoms with Crippen molar-refractivity contribution in [3.05, 3.63) is 86.3 Å². The molecule has 6 nitrogen and oxygen atoms in total. The summed E-state index contributed by atoms with van der Waals surface area (Å²) in [5.41, 5.74) is 0.0827. The van der Waals surface area contributed by atoms with Crippen molar-refractivity contribution in [2.75, 3.05) is 36.0 Å². The molecule has 1 aliphatic heterocycles. The second kappa shape index (κ2) is 7.52. The summed E-state index contributed by atoms with van der Waals surface area (Å²) in [4.78, 5) is 31.7. The van der Waals surface area contributed by atoms with E-state index in [2.05, 4.69) is 4.98 Å². The van der Waals surface area contributed by atoms with Crippen LogP contribution in [0, 0.1) is 5.82 Å². The summed E-state index contributed by atoms with van der Waals surface area (Å²) < 4.78 is 15.0. The van der Waals surface area contributed by atoms with Crippen molar-refractivity contribution in [1.29, 1.82) is 0 Å². The SMILES string of the molecule is O=c1cc(N2CCN(c3ccccc3F)CC2)[nH]c(=O)n1-c1ccc(Cl)cc1. The van der Waals surface area contributed by atoms with Crippen molar-refractivity contribution >= 4 is 23.1 Å². The molecule has 2 aromatic carbocycles. The zero-order chi connectivity index (χ0) is 19.7. The molecule has 0 unspecified atom stereocenters. The molecule has 8 heteroatoms. The van der Waals surface area contributed by atoms with Gasteiger partial charge in [-0.05, 0) is 36.4 Å². The first-order chi connectivity index (χ1) is 13.5. The summed E-state index contributed by atoms with van der Waals surface area (Å²) in [6.45, 7) is 2.30. The number of nitrogens with zero attached hydrogens (tertiary/aromatic N) is 3. The van der Waals surface area contributed by atoms with Gasteiger partial charge >= 0.3 is 5.69 Å². The van der Waals surface area contributed by atoms with Crippen LogP contribution in [-0.4, -0.2) is 35.7 Å². The first-order valence-electron chi connectivity index (χ1n) is 8.90. The number of rotatable bonds is 3. The Morgan fingerprint density at radius 2 is 1.54 bits per heavy atom. The van der Waals surface area contributed by atoms with Crippen LogP contribution >= 0.6 is 11.6 Å². The molecule has 0 radical (unpaired) electrons. The average molecular weight is 401 g/mol. The van der Waals surface area contributed by atoms with Gasteiger partial charge in [0, 0.05) is 37.3 Å². The Kier molecular flexibility index (Phi) is 4.92. The third-order valence-corrected chi connectivity index (χ3v) is 5.07. The van der Waals surface area contributed by atoms with Crippen molar-refractivity contribution in [2.45, 2.75) is 0 Å². The van der Waals surface area contributed by atoms with Crippen LogP contribution < -0.4 is 21.0 Å². The lowest BCUT2D eigenvalue weighted by molar-refractivity contribution is 0.595. The largest absolute Gasteiger partial charge is 0.366 e. The third kappa shape index (κ3) is 3.53. The van der Waals surface area contributed by atoms with Crippen molar-refractivity contribution in [2.24, 2.45) is 0 Å². The molecule has 1 fully saturated rings. The monoisotopic (exact) mass is 400 g/mol. The Morgan fingerprint density at radius 3 is 2.18 bits per heavy atom. The Bertz CT molecular complexity index is 1070. The van der Waals surface area contributed by atoms with Crippen molar-refractivity contribution in [3.8, 4) is 5.69 Å². The molecule has 1 aromatic heterocycles. The number of aromatic nitrogens is 2. The number of para-hydroxylation sites is 1. The molecule has 0 atom stereocenters. The second-order valence-corrected chi connectivity index (χ2v) is 6.97. The predicted octanol–water partition coefficient (Wildman–Crippen LogP) is 2.64. The molecular formula is C20H18ClFN4O2. The van der Waals surface area contributed by atoms with E-state index in [9.17, 15) is 14.0 Å². The van der Waals surface area contributed by atoms with Crippen LogP contribution in [0.2, 0.25) is 5.02 Å². The van der Waals surface area contributed by atoms with E-state index < -0.39 is 11.2 Å². The maximum atomic E-state index is 14.0. The average Bonchev–Trinajstić information content (AvgIpc) is 2.69. The first kappa shape index (κ1) is 18.3. The minimum Gasteiger partial charge on any atom is -0.366 e. The topological polar surface area (TPSA) is 61.3 Å². The number of piperazine rings is 1. The molecule has 28 heavy (non-hydrogen) atoms. The number of hydrogen-bond donors (Lipinski definition) is 1. The quantitative estimate of drug-likeness (QED) is 0.734. The summed E-state index contributed by atoms with van der Waals surface area (Å²) >= 11 is 5.86. The van der Waals surface area contributed by atoms with E-state index in [0.29, 0.717) is 48.4 Å². The number of anilines is 2. The van der Waals surface area contributed by atoms with E-state index in [1.807, 2.05) is 9.80 Å². The smallest absolute Gasteiger partial charge is 0.334 e. The molecule has 1 N–H and O–H groups in total. The van der Waals surface area contributed by atoms with E-state index in [4.69, 9.17) is 11.6 Å². The Labute approximate surface area is 165 Å². The van der Waals surface area contributed by atoms with Gasteiger partial charge in [-0.15, -0.1) is 0 Å². The highest BCUT2D eigenvalue weighted by molar-refractivity contribution is 6.30. The third-order valence-electron chi connectivity index (χ3n) is 4.82. The normalized spacial score (nSPS) is 14.4. The van der Waals surface area contributed by atoms with Crippen LogP contribution in [0.3, 0.4) is 0 Å². The number of benzene rings is 2. The van der Waals surface area contributed by atoms with Gasteiger partial charge in [0.05, 0.1) is 11.4 Å². The van der Waals surface area contributed by atoms with Crippen LogP contribution in [0.4, 0.5) is 15.9 Å². The Hall–Kier alpha value is -3.06. The van der Waals surface area contributed by atoms with Crippen molar-refractivity contribution in [3.63, 3.8) is 0 Å². The highest BCUT2D eigenvalue weighted by atomic mass is 35.5. The summed E-state index contributed by atoms with van der Waals surface area (Å²) in [7, 11) is 0. The number of aromatic amines is 1. The molecule has 0 bridgehead atoms. The summed E-state index contributed by atoms with van der Waals surface area (Å²) in [6.07, 6.45) is 0. The first-order valence-corrected chi connectivity index (χ1v) is 9.27. The van der Waals surface area contributed by atoms with Gasteiger partial charge in [0.1, 0.15) is 11.6 Å². The Balaban J connectivity index is 1.55. The zero-order valence-corrected chi connectivity index (χ0v) is 15.7.